The summed E-state index contributed by atoms with van der Waals surface area (Å²) in [6.07, 6.45) is 6.30. The number of rotatable bonds is 11. The summed E-state index contributed by atoms with van der Waals surface area (Å²) in [4.78, 5) is 46.4. The number of hydrogen-bond donors (Lipinski definition) is 5. The largest absolute Gasteiger partial charge is 1.00 e. The number of aromatic nitrogens is 2. The summed E-state index contributed by atoms with van der Waals surface area (Å²) in [5.41, 5.74) is 12.0. The molecule has 3 heterocycles. The van der Waals surface area contributed by atoms with Crippen LogP contribution in [-0.4, -0.2) is 103 Å². The number of carbonyl (C=O) groups is 4. The second kappa shape index (κ2) is 43.8. The van der Waals surface area contributed by atoms with Crippen molar-refractivity contribution in [2.24, 2.45) is 16.2 Å². The van der Waals surface area contributed by atoms with E-state index in [0.29, 0.717) is 41.7 Å². The summed E-state index contributed by atoms with van der Waals surface area (Å²) in [7, 11) is 0. The molecule has 0 aliphatic carbocycles. The molecule has 19 nitrogen and oxygen atoms in total. The molecule has 83 heavy (non-hydrogen) atoms. The average Bonchev–Trinajstić information content (AvgIpc) is 4.45. The molecule has 1 aliphatic rings. The van der Waals surface area contributed by atoms with Gasteiger partial charge in [-0.15, -0.1) is 12.4 Å². The zero-order valence-corrected chi connectivity index (χ0v) is 49.7. The minimum atomic E-state index is -1.02. The number of allylic oxidation sites excluding steroid dienone is 1. The SMILES string of the molecule is C.CCOC(=O)C=C(C)N1CCCC1.CCOC(=O)c1c(-c2cccc(C)c2)noc1C.Cc1cccc(-c2noc(C)c2C(=O)O)c1.Cc1cccc(/C(Cl)=N\O)c1.Cc1cccc(/C=N\O)c1.Cc1cccc(C=O)c1.Cl.NO.[Li+].[OH-]. The molecule has 1 saturated heterocycles. The number of oxime groups is 2. The zero-order chi connectivity index (χ0) is 58.9. The fraction of sp³-hybridized carbons (Fsp3) is 0.279. The van der Waals surface area contributed by atoms with E-state index >= 15 is 0 Å². The molecule has 0 amide bonds. The Bertz CT molecular complexity index is 3120. The molecule has 7 aromatic rings. The Hall–Kier alpha value is -7.86. The minimum Gasteiger partial charge on any atom is -0.870 e. The number of carboxylic acids is 1. The number of aromatic carboxylic acids is 1. The van der Waals surface area contributed by atoms with E-state index in [1.54, 1.807) is 39.0 Å². The first kappa shape index (κ1) is 79.4. The number of carboxylic acid groups (broad SMARTS) is 1. The van der Waals surface area contributed by atoms with Crippen LogP contribution in [0.1, 0.15) is 123 Å². The van der Waals surface area contributed by atoms with Gasteiger partial charge < -0.3 is 49.6 Å². The average molecular weight is 1180 g/mol. The number of ether oxygens (including phenoxy) is 2. The van der Waals surface area contributed by atoms with Crippen molar-refractivity contribution in [1.82, 2.24) is 15.2 Å². The fourth-order valence-corrected chi connectivity index (χ4v) is 7.44. The molecular formula is C61H77Cl2LiN6O13. The maximum atomic E-state index is 11.9. The van der Waals surface area contributed by atoms with Gasteiger partial charge >= 0.3 is 36.8 Å². The number of hydrogen-bond acceptors (Lipinski definition) is 18. The van der Waals surface area contributed by atoms with Crippen molar-refractivity contribution >= 4 is 59.6 Å². The Kier molecular flexibility index (Phi) is 41.9. The monoisotopic (exact) mass is 1180 g/mol. The summed E-state index contributed by atoms with van der Waals surface area (Å²) in [5, 5.41) is 45.8. The second-order valence-electron chi connectivity index (χ2n) is 17.4. The van der Waals surface area contributed by atoms with E-state index in [9.17, 15) is 19.2 Å². The summed E-state index contributed by atoms with van der Waals surface area (Å²) >= 11 is 5.56. The van der Waals surface area contributed by atoms with Gasteiger partial charge in [0.05, 0.1) is 19.4 Å². The van der Waals surface area contributed by atoms with Crippen molar-refractivity contribution in [3.05, 3.63) is 200 Å². The van der Waals surface area contributed by atoms with Crippen LogP contribution in [0.25, 0.3) is 22.5 Å². The molecule has 0 radical (unpaired) electrons. The number of benzene rings is 5. The van der Waals surface area contributed by atoms with Crippen molar-refractivity contribution in [1.29, 1.82) is 0 Å². The third kappa shape index (κ3) is 28.6. The van der Waals surface area contributed by atoms with E-state index < -0.39 is 11.9 Å². The van der Waals surface area contributed by atoms with Crippen LogP contribution in [0.4, 0.5) is 0 Å². The third-order valence-electron chi connectivity index (χ3n) is 11.0. The van der Waals surface area contributed by atoms with Gasteiger partial charge in [0, 0.05) is 47.1 Å². The molecule has 5 aromatic carbocycles. The number of likely N-dealkylation sites (tertiary alicyclic amines) is 1. The first-order valence-corrected chi connectivity index (χ1v) is 25.3. The van der Waals surface area contributed by atoms with Gasteiger partial charge in [-0.05, 0) is 112 Å². The predicted molar refractivity (Wildman–Crippen MR) is 321 cm³/mol. The first-order valence-electron chi connectivity index (χ1n) is 24.9. The van der Waals surface area contributed by atoms with Crippen molar-refractivity contribution in [3.8, 4) is 22.5 Å². The molecule has 0 saturated carbocycles. The van der Waals surface area contributed by atoms with Crippen LogP contribution in [0.15, 0.2) is 152 Å². The van der Waals surface area contributed by atoms with Gasteiger partial charge in [0.25, 0.3) is 0 Å². The van der Waals surface area contributed by atoms with Gasteiger partial charge in [0.2, 0.25) is 0 Å². The number of aryl methyl sites for hydroxylation is 7. The predicted octanol–water partition coefficient (Wildman–Crippen LogP) is 10.5. The summed E-state index contributed by atoms with van der Waals surface area (Å²) in [5.74, 6) is 2.66. The van der Waals surface area contributed by atoms with Gasteiger partial charge in [0.1, 0.15) is 40.3 Å². The normalized spacial score (nSPS) is 10.9. The summed E-state index contributed by atoms with van der Waals surface area (Å²) < 4.78 is 19.9. The van der Waals surface area contributed by atoms with Crippen molar-refractivity contribution in [2.45, 2.75) is 89.5 Å². The molecule has 22 heteroatoms. The van der Waals surface area contributed by atoms with Gasteiger partial charge in [-0.3, -0.25) is 4.79 Å². The van der Waals surface area contributed by atoms with Crippen LogP contribution in [-0.2, 0) is 14.3 Å². The van der Waals surface area contributed by atoms with Gasteiger partial charge in [-0.1, -0.05) is 165 Å². The quantitative estimate of drug-likeness (QED) is 0.0153. The van der Waals surface area contributed by atoms with Gasteiger partial charge in [-0.2, -0.15) is 0 Å². The number of carbonyl (C=O) groups excluding carboxylic acids is 3. The van der Waals surface area contributed by atoms with Crippen molar-refractivity contribution in [2.75, 3.05) is 26.3 Å². The van der Waals surface area contributed by atoms with Gasteiger partial charge in [0.15, 0.2) is 5.17 Å². The van der Waals surface area contributed by atoms with Crippen LogP contribution in [0.2, 0.25) is 0 Å². The van der Waals surface area contributed by atoms with Crippen LogP contribution >= 0.6 is 24.0 Å². The van der Waals surface area contributed by atoms with E-state index in [4.69, 9.17) is 50.8 Å². The Morgan fingerprint density at radius 2 is 1.10 bits per heavy atom. The molecule has 444 valence electrons. The Morgan fingerprint density at radius 1 is 0.675 bits per heavy atom. The minimum absolute atomic E-state index is 0. The number of nitrogens with two attached hydrogens (primary N) is 1. The maximum Gasteiger partial charge on any atom is 1.00 e. The van der Waals surface area contributed by atoms with E-state index in [0.717, 1.165) is 80.7 Å². The standard InChI is InChI=1S/C14H15NO3.C12H11NO3.C10H17NO2.C8H8ClNO.C8H9NO.C8H8O.CH4.ClH.Li.H3NO.H2O/c1-4-17-14(16)12-10(3)18-15-13(12)11-7-5-6-9(2)8-11;1-7-4-3-5-9(6-7)11-10(12(14)15)8(2)16-13-11;1-3-13-10(12)8-9(2)11-6-4-5-7-11;1-6-3-2-4-7(5-6)8(9)10-11;1-7-3-2-4-8(5-7)6-9-10;1-7-3-2-4-8(5-7)6-9;;;;1-2;/h5-8H,4H2,1-3H3;3-6H,1-2H3,(H,14,15);8H,3-7H2,1-2H3;2-5,11H,1H3;2-6,10H,1H3;2-6H,1H3;1H4;1H;;2H,1H2;1H2/q;;;;;;;;+1;;/p-1/b;;;10-8+;9-6-;;;;;;. The van der Waals surface area contributed by atoms with Crippen molar-refractivity contribution in [3.63, 3.8) is 0 Å². The smallest absolute Gasteiger partial charge is 0.870 e. The maximum absolute atomic E-state index is 11.9. The number of nitrogens with zero attached hydrogens (tertiary/aromatic N) is 5. The topological polar surface area (TPSA) is 304 Å². The van der Waals surface area contributed by atoms with Gasteiger partial charge in [-0.25, -0.2) is 20.3 Å². The number of esters is 2. The van der Waals surface area contributed by atoms with E-state index in [1.165, 1.54) is 19.1 Å². The number of aldehydes is 1. The summed E-state index contributed by atoms with van der Waals surface area (Å²) in [6.45, 7) is 21.6. The fourth-order valence-electron chi connectivity index (χ4n) is 7.33. The summed E-state index contributed by atoms with van der Waals surface area (Å²) in [6, 6.07) is 37.9. The number of halogens is 2. The molecular weight excluding hydrogens is 1100 g/mol. The molecule has 1 fully saturated rings. The third-order valence-corrected chi connectivity index (χ3v) is 11.3. The Labute approximate surface area is 509 Å². The van der Waals surface area contributed by atoms with E-state index in [2.05, 4.69) is 31.4 Å². The molecule has 8 rings (SSSR count). The van der Waals surface area contributed by atoms with E-state index in [-0.39, 0.29) is 60.9 Å². The molecule has 0 atom stereocenters. The van der Waals surface area contributed by atoms with Crippen LogP contribution < -0.4 is 24.8 Å². The Morgan fingerprint density at radius 3 is 1.51 bits per heavy atom. The zero-order valence-electron chi connectivity index (χ0n) is 48.1. The molecule has 7 N–H and O–H groups in total. The first-order chi connectivity index (χ1) is 37.8. The van der Waals surface area contributed by atoms with E-state index in [1.807, 2.05) is 158 Å². The second-order valence-corrected chi connectivity index (χ2v) is 17.7. The van der Waals surface area contributed by atoms with Crippen LogP contribution in [0.5, 0.6) is 0 Å². The molecule has 0 spiro atoms. The molecule has 0 unspecified atom stereocenters. The molecule has 1 aliphatic heterocycles. The molecule has 2 aromatic heterocycles. The van der Waals surface area contributed by atoms with Crippen LogP contribution in [0.3, 0.4) is 0 Å². The van der Waals surface area contributed by atoms with Crippen molar-refractivity contribution < 1.29 is 82.8 Å². The molecule has 0 bridgehead atoms. The Balaban J connectivity index is -0.000000924. The van der Waals surface area contributed by atoms with Crippen LogP contribution in [0, 0.1) is 48.5 Å².